The van der Waals surface area contributed by atoms with Gasteiger partial charge in [0.2, 0.25) is 10.0 Å². The molecule has 4 rings (SSSR count). The second-order valence-corrected chi connectivity index (χ2v) is 9.79. The van der Waals surface area contributed by atoms with Gasteiger partial charge in [-0.25, -0.2) is 12.7 Å². The van der Waals surface area contributed by atoms with Crippen LogP contribution in [0.2, 0.25) is 0 Å². The van der Waals surface area contributed by atoms with E-state index in [9.17, 15) is 18.5 Å². The Hall–Kier alpha value is -2.43. The zero-order valence-electron chi connectivity index (χ0n) is 15.8. The van der Waals surface area contributed by atoms with E-state index in [2.05, 4.69) is 6.07 Å². The summed E-state index contributed by atoms with van der Waals surface area (Å²) in [7, 11) is -3.27. The number of rotatable bonds is 4. The van der Waals surface area contributed by atoms with E-state index >= 15 is 0 Å². The zero-order valence-corrected chi connectivity index (χ0v) is 16.7. The number of nitriles is 1. The molecule has 2 aliphatic rings. The Kier molecular flexibility index (Phi) is 4.86. The lowest BCUT2D eigenvalue weighted by Gasteiger charge is -2.43. The maximum atomic E-state index is 12.7. The molecule has 0 saturated carbocycles. The van der Waals surface area contributed by atoms with Crippen molar-refractivity contribution in [3.8, 4) is 17.2 Å². The lowest BCUT2D eigenvalue weighted by molar-refractivity contribution is 0.187. The molecule has 3 heterocycles. The molecule has 0 radical (unpaired) electrons. The monoisotopic (exact) mass is 397 g/mol. The Bertz CT molecular complexity index is 1110. The van der Waals surface area contributed by atoms with E-state index in [-0.39, 0.29) is 23.1 Å². The average molecular weight is 398 g/mol. The van der Waals surface area contributed by atoms with E-state index in [1.807, 2.05) is 35.8 Å². The van der Waals surface area contributed by atoms with Crippen LogP contribution in [0.25, 0.3) is 11.1 Å². The Morgan fingerprint density at radius 1 is 1.18 bits per heavy atom. The predicted octanol–water partition coefficient (Wildman–Crippen LogP) is 2.55. The molecule has 6 nitrogen and oxygen atoms in total. The zero-order chi connectivity index (χ0) is 19.9. The number of sulfonamides is 1. The fraction of sp³-hybridized carbons (Fsp3) is 0.429. The maximum Gasteiger partial charge on any atom is 0.250 e. The highest BCUT2D eigenvalue weighted by Gasteiger charge is 2.39. The van der Waals surface area contributed by atoms with E-state index in [1.165, 1.54) is 0 Å². The molecule has 28 heavy (non-hydrogen) atoms. The van der Waals surface area contributed by atoms with Crippen LogP contribution in [0.5, 0.6) is 0 Å². The summed E-state index contributed by atoms with van der Waals surface area (Å²) >= 11 is 0. The highest BCUT2D eigenvalue weighted by Crippen LogP contribution is 2.40. The molecule has 1 fully saturated rings. The third-order valence-corrected chi connectivity index (χ3v) is 7.72. The lowest BCUT2D eigenvalue weighted by Crippen LogP contribution is -2.49. The van der Waals surface area contributed by atoms with Gasteiger partial charge in [0.15, 0.2) is 0 Å². The molecular weight excluding hydrogens is 374 g/mol. The van der Waals surface area contributed by atoms with Crippen LogP contribution in [0.3, 0.4) is 0 Å². The normalized spacial score (nSPS) is 21.7. The molecule has 0 N–H and O–H groups in total. The van der Waals surface area contributed by atoms with Crippen molar-refractivity contribution >= 4 is 10.0 Å². The molecular formula is C21H23N3O3S. The number of aromatic nitrogens is 1. The first-order chi connectivity index (χ1) is 13.4. The molecule has 146 valence electrons. The van der Waals surface area contributed by atoms with Crippen molar-refractivity contribution in [3.05, 3.63) is 58.0 Å². The van der Waals surface area contributed by atoms with E-state index in [1.54, 1.807) is 16.4 Å². The first-order valence-electron chi connectivity index (χ1n) is 9.65. The molecule has 0 unspecified atom stereocenters. The molecule has 0 spiro atoms. The second kappa shape index (κ2) is 7.19. The Balaban J connectivity index is 1.81. The Morgan fingerprint density at radius 3 is 2.75 bits per heavy atom. The SMILES string of the molecule is CCCS(=O)(=O)N1C[C@@H]2C[C@H](C1)c1c(-c3cccc(C#N)c3)ccc(=O)n1C2. The van der Waals surface area contributed by atoms with Gasteiger partial charge in [0.05, 0.1) is 17.4 Å². The van der Waals surface area contributed by atoms with E-state index in [0.717, 1.165) is 23.2 Å². The average Bonchev–Trinajstić information content (AvgIpc) is 2.68. The van der Waals surface area contributed by atoms with Gasteiger partial charge < -0.3 is 4.57 Å². The van der Waals surface area contributed by atoms with Crippen molar-refractivity contribution in [2.75, 3.05) is 18.8 Å². The third kappa shape index (κ3) is 3.27. The largest absolute Gasteiger partial charge is 0.311 e. The van der Waals surface area contributed by atoms with E-state index in [4.69, 9.17) is 0 Å². The summed E-state index contributed by atoms with van der Waals surface area (Å²) < 4.78 is 28.7. The van der Waals surface area contributed by atoms with E-state index < -0.39 is 10.0 Å². The number of hydrogen-bond acceptors (Lipinski definition) is 4. The number of fused-ring (bicyclic) bond motifs is 4. The maximum absolute atomic E-state index is 12.7. The van der Waals surface area contributed by atoms with Gasteiger partial charge in [-0.3, -0.25) is 4.79 Å². The second-order valence-electron chi connectivity index (χ2n) is 7.71. The Labute approximate surface area is 165 Å². The molecule has 7 heteroatoms. The number of pyridine rings is 1. The molecule has 2 atom stereocenters. The van der Waals surface area contributed by atoms with Crippen molar-refractivity contribution < 1.29 is 8.42 Å². The standard InChI is InChI=1S/C21H23N3O3S/c1-2-8-28(26,27)23-12-16-10-18(14-23)21-19(6-7-20(25)24(21)13-16)17-5-3-4-15(9-17)11-22/h3-7,9,16,18H,2,8,10,12-14H2,1H3/t16-,18+/m0/s1. The van der Waals surface area contributed by atoms with Gasteiger partial charge in [0.1, 0.15) is 0 Å². The molecule has 2 aromatic rings. The summed E-state index contributed by atoms with van der Waals surface area (Å²) in [4.78, 5) is 12.6. The van der Waals surface area contributed by atoms with Crippen LogP contribution in [-0.2, 0) is 16.6 Å². The van der Waals surface area contributed by atoms with Crippen molar-refractivity contribution in [1.82, 2.24) is 8.87 Å². The minimum Gasteiger partial charge on any atom is -0.311 e. The van der Waals surface area contributed by atoms with Crippen LogP contribution in [0.4, 0.5) is 0 Å². The molecule has 1 aromatic heterocycles. The number of nitrogens with zero attached hydrogens (tertiary/aromatic N) is 3. The number of piperidine rings is 1. The van der Waals surface area contributed by atoms with Gasteiger partial charge in [-0.05, 0) is 42.5 Å². The first-order valence-corrected chi connectivity index (χ1v) is 11.3. The predicted molar refractivity (Wildman–Crippen MR) is 107 cm³/mol. The Morgan fingerprint density at radius 2 is 2.00 bits per heavy atom. The van der Waals surface area contributed by atoms with Crippen molar-refractivity contribution in [3.63, 3.8) is 0 Å². The molecule has 0 amide bonds. The van der Waals surface area contributed by atoms with Crippen LogP contribution in [-0.4, -0.2) is 36.1 Å². The first kappa shape index (κ1) is 18.9. The molecule has 0 aliphatic carbocycles. The summed E-state index contributed by atoms with van der Waals surface area (Å²) in [6.07, 6.45) is 1.48. The minimum atomic E-state index is -3.27. The summed E-state index contributed by atoms with van der Waals surface area (Å²) in [5.41, 5.74) is 3.21. The smallest absolute Gasteiger partial charge is 0.250 e. The van der Waals surface area contributed by atoms with Gasteiger partial charge >= 0.3 is 0 Å². The molecule has 2 aliphatic heterocycles. The van der Waals surface area contributed by atoms with Crippen LogP contribution in [0.15, 0.2) is 41.2 Å². The van der Waals surface area contributed by atoms with Crippen LogP contribution in [0.1, 0.15) is 36.9 Å². The molecule has 1 aromatic carbocycles. The van der Waals surface area contributed by atoms with Gasteiger partial charge in [0.25, 0.3) is 5.56 Å². The van der Waals surface area contributed by atoms with E-state index in [0.29, 0.717) is 31.6 Å². The lowest BCUT2D eigenvalue weighted by atomic mass is 9.81. The summed E-state index contributed by atoms with van der Waals surface area (Å²) in [6, 6.07) is 12.9. The summed E-state index contributed by atoms with van der Waals surface area (Å²) in [6.45, 7) is 3.30. The van der Waals surface area contributed by atoms with Gasteiger partial charge in [-0.1, -0.05) is 19.1 Å². The quantitative estimate of drug-likeness (QED) is 0.794. The summed E-state index contributed by atoms with van der Waals surface area (Å²) in [5, 5.41) is 9.23. The fourth-order valence-corrected chi connectivity index (χ4v) is 6.20. The molecule has 1 saturated heterocycles. The highest BCUT2D eigenvalue weighted by molar-refractivity contribution is 7.89. The van der Waals surface area contributed by atoms with Gasteiger partial charge in [-0.2, -0.15) is 5.26 Å². The topological polar surface area (TPSA) is 83.2 Å². The van der Waals surface area contributed by atoms with Gasteiger partial charge in [-0.15, -0.1) is 0 Å². The minimum absolute atomic E-state index is 0.0197. The molecule has 2 bridgehead atoms. The van der Waals surface area contributed by atoms with Crippen molar-refractivity contribution in [1.29, 1.82) is 5.26 Å². The number of hydrogen-bond donors (Lipinski definition) is 0. The third-order valence-electron chi connectivity index (χ3n) is 5.71. The summed E-state index contributed by atoms with van der Waals surface area (Å²) in [5.74, 6) is 0.288. The fourth-order valence-electron chi connectivity index (χ4n) is 4.59. The van der Waals surface area contributed by atoms with Crippen LogP contribution in [0, 0.1) is 17.2 Å². The van der Waals surface area contributed by atoms with Crippen LogP contribution >= 0.6 is 0 Å². The number of benzene rings is 1. The highest BCUT2D eigenvalue weighted by atomic mass is 32.2. The van der Waals surface area contributed by atoms with Crippen molar-refractivity contribution in [2.24, 2.45) is 5.92 Å². The van der Waals surface area contributed by atoms with Gasteiger partial charge in [0, 0.05) is 42.9 Å². The van der Waals surface area contributed by atoms with Crippen LogP contribution < -0.4 is 5.56 Å². The van der Waals surface area contributed by atoms with Crippen molar-refractivity contribution in [2.45, 2.75) is 32.2 Å².